The number of carbonyl (C=O) groups excluding carboxylic acids is 1. The third-order valence-corrected chi connectivity index (χ3v) is 10.0. The molecule has 0 amide bonds. The Bertz CT molecular complexity index is 645. The molecular formula is C25H36O3. The zero-order valence-electron chi connectivity index (χ0n) is 17.2. The van der Waals surface area contributed by atoms with Crippen LogP contribution in [0.2, 0.25) is 0 Å². The fourth-order valence-corrected chi connectivity index (χ4v) is 10.2. The van der Waals surface area contributed by atoms with E-state index >= 15 is 0 Å². The number of esters is 1. The molecule has 0 radical (unpaired) electrons. The summed E-state index contributed by atoms with van der Waals surface area (Å²) in [6, 6.07) is 0. The van der Waals surface area contributed by atoms with Crippen LogP contribution in [0.3, 0.4) is 0 Å². The fourth-order valence-electron chi connectivity index (χ4n) is 10.2. The lowest BCUT2D eigenvalue weighted by Gasteiger charge is -2.63. The number of hydrogen-bond donors (Lipinski definition) is 1. The molecule has 8 saturated carbocycles. The van der Waals surface area contributed by atoms with Gasteiger partial charge in [-0.25, -0.2) is 4.79 Å². The van der Waals surface area contributed by atoms with Crippen LogP contribution in [0, 0.1) is 40.4 Å². The summed E-state index contributed by atoms with van der Waals surface area (Å²) in [5.41, 5.74) is 0.147. The molecule has 3 atom stereocenters. The number of rotatable bonds is 5. The van der Waals surface area contributed by atoms with E-state index in [-0.39, 0.29) is 28.5 Å². The first kappa shape index (κ1) is 18.0. The third kappa shape index (κ3) is 2.67. The SMILES string of the molecule is C=CC(=O)OC12CC3CC(CC(CC(O)C45CC6CC(CC(C6)C4)C5)(C3)C1)C2. The largest absolute Gasteiger partial charge is 0.456 e. The molecule has 8 aliphatic rings. The zero-order valence-corrected chi connectivity index (χ0v) is 17.2. The Kier molecular flexibility index (Phi) is 3.77. The average Bonchev–Trinajstić information content (AvgIpc) is 2.58. The van der Waals surface area contributed by atoms with Gasteiger partial charge in [-0.1, -0.05) is 6.58 Å². The second-order valence-electron chi connectivity index (χ2n) is 12.3. The monoisotopic (exact) mass is 384 g/mol. The molecule has 8 bridgehead atoms. The van der Waals surface area contributed by atoms with E-state index in [9.17, 15) is 9.90 Å². The van der Waals surface area contributed by atoms with Gasteiger partial charge in [-0.05, 0) is 124 Å². The molecule has 8 rings (SSSR count). The van der Waals surface area contributed by atoms with Crippen LogP contribution in [-0.2, 0) is 9.53 Å². The van der Waals surface area contributed by atoms with E-state index in [1.807, 2.05) is 0 Å². The van der Waals surface area contributed by atoms with Gasteiger partial charge in [0.25, 0.3) is 0 Å². The van der Waals surface area contributed by atoms with Gasteiger partial charge in [-0.3, -0.25) is 0 Å². The van der Waals surface area contributed by atoms with E-state index in [0.29, 0.717) is 11.8 Å². The maximum Gasteiger partial charge on any atom is 0.330 e. The lowest BCUT2D eigenvalue weighted by Crippen LogP contribution is -2.59. The molecule has 0 saturated heterocycles. The van der Waals surface area contributed by atoms with Gasteiger partial charge in [-0.2, -0.15) is 0 Å². The molecular weight excluding hydrogens is 348 g/mol. The lowest BCUT2D eigenvalue weighted by molar-refractivity contribution is -0.209. The minimum Gasteiger partial charge on any atom is -0.456 e. The van der Waals surface area contributed by atoms with Crippen LogP contribution in [0.15, 0.2) is 12.7 Å². The minimum atomic E-state index is -0.267. The summed E-state index contributed by atoms with van der Waals surface area (Å²) in [5.74, 6) is 3.77. The molecule has 3 heteroatoms. The van der Waals surface area contributed by atoms with Gasteiger partial charge in [0.05, 0.1) is 6.10 Å². The highest BCUT2D eigenvalue weighted by Crippen LogP contribution is 2.67. The molecule has 8 fully saturated rings. The van der Waals surface area contributed by atoms with Crippen LogP contribution in [0.5, 0.6) is 0 Å². The summed E-state index contributed by atoms with van der Waals surface area (Å²) in [7, 11) is 0. The molecule has 1 N–H and O–H groups in total. The molecule has 0 aromatic heterocycles. The van der Waals surface area contributed by atoms with Gasteiger partial charge < -0.3 is 9.84 Å². The Hall–Kier alpha value is -0.830. The summed E-state index contributed by atoms with van der Waals surface area (Å²) < 4.78 is 6.02. The Morgan fingerprint density at radius 3 is 2.00 bits per heavy atom. The van der Waals surface area contributed by atoms with Gasteiger partial charge in [0.15, 0.2) is 0 Å². The van der Waals surface area contributed by atoms with E-state index in [1.54, 1.807) is 0 Å². The van der Waals surface area contributed by atoms with Crippen molar-refractivity contribution >= 4 is 5.97 Å². The quantitative estimate of drug-likeness (QED) is 0.535. The van der Waals surface area contributed by atoms with E-state index in [2.05, 4.69) is 6.58 Å². The van der Waals surface area contributed by atoms with Crippen molar-refractivity contribution in [2.75, 3.05) is 0 Å². The molecule has 154 valence electrons. The van der Waals surface area contributed by atoms with Gasteiger partial charge in [-0.15, -0.1) is 0 Å². The van der Waals surface area contributed by atoms with Crippen molar-refractivity contribution in [2.45, 2.75) is 95.2 Å². The summed E-state index contributed by atoms with van der Waals surface area (Å²) in [5, 5.41) is 11.7. The van der Waals surface area contributed by atoms with E-state index < -0.39 is 0 Å². The molecule has 0 heterocycles. The van der Waals surface area contributed by atoms with Gasteiger partial charge in [0, 0.05) is 6.08 Å². The van der Waals surface area contributed by atoms with Gasteiger partial charge >= 0.3 is 5.97 Å². The number of aliphatic hydroxyl groups excluding tert-OH is 1. The molecule has 0 spiro atoms. The van der Waals surface area contributed by atoms with Crippen LogP contribution in [0.4, 0.5) is 0 Å². The first-order valence-corrected chi connectivity index (χ1v) is 11.9. The third-order valence-electron chi connectivity index (χ3n) is 10.0. The van der Waals surface area contributed by atoms with Crippen molar-refractivity contribution < 1.29 is 14.6 Å². The Balaban J connectivity index is 1.24. The predicted octanol–water partition coefficient (Wildman–Crippen LogP) is 5.02. The lowest BCUT2D eigenvalue weighted by atomic mass is 9.44. The highest BCUT2D eigenvalue weighted by molar-refractivity contribution is 5.81. The Labute approximate surface area is 169 Å². The summed E-state index contributed by atoms with van der Waals surface area (Å²) in [4.78, 5) is 12.1. The van der Waals surface area contributed by atoms with Crippen molar-refractivity contribution in [2.24, 2.45) is 40.4 Å². The second kappa shape index (κ2) is 5.86. The van der Waals surface area contributed by atoms with Crippen molar-refractivity contribution in [3.05, 3.63) is 12.7 Å². The standard InChI is InChI=1S/C25H36O3/c1-2-22(27)28-25-12-19-6-20(13-25)8-23(7-19,15-25)14-21(26)24-9-16-3-17(10-24)5-18(4-16)11-24/h2,16-21,26H,1,3-15H2. The molecule has 3 nitrogen and oxygen atoms in total. The first-order chi connectivity index (χ1) is 13.4. The average molecular weight is 385 g/mol. The smallest absolute Gasteiger partial charge is 0.330 e. The normalized spacial score (nSPS) is 54.0. The van der Waals surface area contributed by atoms with Crippen LogP contribution < -0.4 is 0 Å². The molecule has 0 aromatic rings. The van der Waals surface area contributed by atoms with E-state index in [4.69, 9.17) is 4.74 Å². The predicted molar refractivity (Wildman–Crippen MR) is 107 cm³/mol. The number of ether oxygens (including phenoxy) is 1. The summed E-state index contributed by atoms with van der Waals surface area (Å²) in [6.07, 6.45) is 17.1. The highest BCUT2D eigenvalue weighted by Gasteiger charge is 2.62. The molecule has 0 aliphatic heterocycles. The molecule has 8 aliphatic carbocycles. The molecule has 3 unspecified atom stereocenters. The van der Waals surface area contributed by atoms with Gasteiger partial charge in [0.1, 0.15) is 5.60 Å². The minimum absolute atomic E-state index is 0.149. The molecule has 0 aromatic carbocycles. The van der Waals surface area contributed by atoms with Crippen LogP contribution in [0.1, 0.15) is 83.5 Å². The van der Waals surface area contributed by atoms with Crippen LogP contribution in [0.25, 0.3) is 0 Å². The number of carbonyl (C=O) groups is 1. The van der Waals surface area contributed by atoms with Crippen molar-refractivity contribution in [1.82, 2.24) is 0 Å². The van der Waals surface area contributed by atoms with E-state index in [0.717, 1.165) is 43.4 Å². The fraction of sp³-hybridized carbons (Fsp3) is 0.880. The summed E-state index contributed by atoms with van der Waals surface area (Å²) >= 11 is 0. The van der Waals surface area contributed by atoms with Crippen molar-refractivity contribution in [3.8, 4) is 0 Å². The topological polar surface area (TPSA) is 46.5 Å². The Morgan fingerprint density at radius 2 is 1.46 bits per heavy atom. The van der Waals surface area contributed by atoms with Crippen molar-refractivity contribution in [3.63, 3.8) is 0 Å². The molecule has 28 heavy (non-hydrogen) atoms. The van der Waals surface area contributed by atoms with E-state index in [1.165, 1.54) is 63.9 Å². The first-order valence-electron chi connectivity index (χ1n) is 11.9. The maximum atomic E-state index is 12.1. The Morgan fingerprint density at radius 1 is 0.929 bits per heavy atom. The van der Waals surface area contributed by atoms with Crippen molar-refractivity contribution in [1.29, 1.82) is 0 Å². The van der Waals surface area contributed by atoms with Crippen LogP contribution >= 0.6 is 0 Å². The summed E-state index contributed by atoms with van der Waals surface area (Å²) in [6.45, 7) is 3.62. The maximum absolute atomic E-state index is 12.1. The van der Waals surface area contributed by atoms with Crippen LogP contribution in [-0.4, -0.2) is 22.8 Å². The van der Waals surface area contributed by atoms with Gasteiger partial charge in [0.2, 0.25) is 0 Å². The zero-order chi connectivity index (χ0) is 19.1. The number of aliphatic hydroxyl groups is 1. The highest BCUT2D eigenvalue weighted by atomic mass is 16.6. The second-order valence-corrected chi connectivity index (χ2v) is 12.3. The number of hydrogen-bond acceptors (Lipinski definition) is 3.